The van der Waals surface area contributed by atoms with Gasteiger partial charge in [-0.15, -0.1) is 0 Å². The Morgan fingerprint density at radius 3 is 1.21 bits per heavy atom. The molecular weight excluding hydrogens is 1820 g/mol. The Bertz CT molecular complexity index is 6250. The summed E-state index contributed by atoms with van der Waals surface area (Å²) < 4.78 is 55.0. The van der Waals surface area contributed by atoms with Crippen LogP contribution in [0.2, 0.25) is 0 Å². The topological polar surface area (TPSA) is 534 Å². The van der Waals surface area contributed by atoms with Crippen molar-refractivity contribution in [2.75, 3.05) is 126 Å². The predicted molar refractivity (Wildman–Crippen MR) is 531 cm³/mol. The van der Waals surface area contributed by atoms with E-state index in [9.17, 15) is 92.3 Å². The SMILES string of the molecule is CC(=O)N(C)c1ccc(O)cc1O.CCOC(=O)CCC(C(C)=O)C(=O)OCC.CCOC(=O)CCc1c(C)c2cc(N(C)C(C)=O)c(O)c(C=O)c2oc1=O.CCOC(=O)CCc1c(C)c2cc(N(C)C(C)=O)c(O)cc2oc1=O.CCOC(=O)CCc1c(C)c2cc(NC)c(O)cc2oc1=O.COc1ccc(N(C)C(C)=O)c(C)c1.COc1ccc(N)c(C)c1.COc1ccc(NC(C)=O)c(C)c1. The molecule has 9 N–H and O–H groups in total. The molecule has 0 fully saturated rings. The van der Waals surface area contributed by atoms with Gasteiger partial charge in [0.25, 0.3) is 0 Å². The number of ketones is 1. The number of aryl methyl sites for hydroxylation is 6. The lowest BCUT2D eigenvalue weighted by molar-refractivity contribution is -0.152. The molecule has 758 valence electrons. The molecule has 0 bridgehead atoms. The Hall–Kier alpha value is -15.8. The standard InChI is InChI=1S/C19H21NO7.C18H21NO6.C16H19NO5.C11H15NO2.C11H18O5.C10H13NO2.C9H11NO3.C8H11NO/c1-5-26-16(23)7-6-12-10(2)13-8-15(20(4)11(3)22)17(24)14(9-21)18(13)27-19(12)25;1-5-24-17(22)7-6-12-10(2)13-8-14(19(4)11(3)20)15(21)9-16(13)25-18(12)23;1-4-21-15(19)6-5-10-9(2)11-7-12(17-3)13(18)8-14(11)22-16(10)20;1-8-7-10(14-4)5-6-11(8)12(3)9(2)13;1-4-15-10(13)7-6-9(8(3)12)11(14)16-5-2;1-7-6-9(13-3)4-5-10(7)11-8(2)12;1-6(11)10(2)8-4-3-7(12)5-9(8)13;1-6-5-7(10-2)3-4-8(6)9/h8-9,24H,5-7H2,1-4H3;8-9,21H,5-7H2,1-4H3;7-8,17-18H,4-6H2,1-3H3;5-7H,1-4H3;9H,4-7H2,1-3H3;4-6H,1-3H3,(H,11,12);3-5,12-13H,1-2H3;3-5H,9H2,1-2H3. The number of anilines is 7. The van der Waals surface area contributed by atoms with E-state index in [1.165, 1.54) is 92.8 Å². The van der Waals surface area contributed by atoms with Crippen molar-refractivity contribution in [3.63, 3.8) is 0 Å². The van der Waals surface area contributed by atoms with Crippen LogP contribution < -0.4 is 67.1 Å². The molecule has 0 aliphatic carbocycles. The number of aromatic hydroxyl groups is 5. The van der Waals surface area contributed by atoms with Crippen molar-refractivity contribution in [3.05, 3.63) is 190 Å². The molecule has 38 nitrogen and oxygen atoms in total. The summed E-state index contributed by atoms with van der Waals surface area (Å²) in [7, 11) is 12.9. The van der Waals surface area contributed by atoms with Gasteiger partial charge >= 0.3 is 46.7 Å². The van der Waals surface area contributed by atoms with Gasteiger partial charge in [0, 0.05) is 164 Å². The second-order valence-electron chi connectivity index (χ2n) is 31.0. The van der Waals surface area contributed by atoms with E-state index in [0.29, 0.717) is 75.2 Å². The van der Waals surface area contributed by atoms with Gasteiger partial charge in [0.05, 0.1) is 77.1 Å². The number of Topliss-reactive ketones (excluding diaryl/α,β-unsaturated/α-hetero) is 1. The zero-order valence-corrected chi connectivity index (χ0v) is 83.9. The van der Waals surface area contributed by atoms with Gasteiger partial charge in [-0.3, -0.25) is 57.5 Å². The van der Waals surface area contributed by atoms with Gasteiger partial charge in [-0.2, -0.15) is 0 Å². The lowest BCUT2D eigenvalue weighted by Gasteiger charge is -2.19. The van der Waals surface area contributed by atoms with Gasteiger partial charge in [0.15, 0.2) is 17.6 Å². The summed E-state index contributed by atoms with van der Waals surface area (Å²) in [6.45, 7) is 29.3. The third-order valence-corrected chi connectivity index (χ3v) is 21.3. The second kappa shape index (κ2) is 57.9. The van der Waals surface area contributed by atoms with E-state index in [1.807, 2.05) is 75.4 Å². The summed E-state index contributed by atoms with van der Waals surface area (Å²) in [5.74, 6) is -2.37. The number of aldehydes is 1. The van der Waals surface area contributed by atoms with Crippen molar-refractivity contribution in [2.45, 2.75) is 169 Å². The molecule has 0 radical (unpaired) electrons. The highest BCUT2D eigenvalue weighted by atomic mass is 16.6. The average molecular weight is 1950 g/mol. The molecule has 0 spiro atoms. The largest absolute Gasteiger partial charge is 0.508 e. The summed E-state index contributed by atoms with van der Waals surface area (Å²) in [6.07, 6.45) is 1.34. The highest BCUT2D eigenvalue weighted by Crippen LogP contribution is 2.39. The first kappa shape index (κ1) is 118. The quantitative estimate of drug-likeness (QED) is 0.00410. The molecule has 7 aromatic carbocycles. The second-order valence-corrected chi connectivity index (χ2v) is 31.0. The maximum absolute atomic E-state index is 12.4. The van der Waals surface area contributed by atoms with Crippen molar-refractivity contribution >= 4 is 144 Å². The van der Waals surface area contributed by atoms with Crippen LogP contribution in [0.3, 0.4) is 0 Å². The van der Waals surface area contributed by atoms with E-state index in [1.54, 1.807) is 129 Å². The van der Waals surface area contributed by atoms with E-state index in [4.69, 9.17) is 62.0 Å². The number of hydrogen-bond acceptors (Lipinski definition) is 33. The number of hydrogen-bond donors (Lipinski definition) is 8. The number of benzene rings is 7. The lowest BCUT2D eigenvalue weighted by Crippen LogP contribution is -2.25. The minimum atomic E-state index is -0.857. The highest BCUT2D eigenvalue weighted by Gasteiger charge is 2.28. The third kappa shape index (κ3) is 35.4. The maximum Gasteiger partial charge on any atom is 0.339 e. The zero-order valence-electron chi connectivity index (χ0n) is 83.9. The number of carbonyl (C=O) groups is 12. The molecule has 0 saturated carbocycles. The van der Waals surface area contributed by atoms with E-state index in [0.717, 1.165) is 62.0 Å². The van der Waals surface area contributed by atoms with Crippen LogP contribution >= 0.6 is 0 Å². The van der Waals surface area contributed by atoms with Crippen LogP contribution in [0.25, 0.3) is 32.9 Å². The number of amides is 5. The number of ether oxygens (including phenoxy) is 8. The summed E-state index contributed by atoms with van der Waals surface area (Å²) in [5, 5.41) is 55.9. The fourth-order valence-corrected chi connectivity index (χ4v) is 13.1. The molecule has 3 aromatic heterocycles. The number of carbonyl (C=O) groups excluding carboxylic acids is 12. The van der Waals surface area contributed by atoms with Gasteiger partial charge in [-0.05, 0) is 227 Å². The Kier molecular flexibility index (Phi) is 49.0. The Morgan fingerprint density at radius 2 is 0.800 bits per heavy atom. The Labute approximate surface area is 811 Å². The van der Waals surface area contributed by atoms with Crippen LogP contribution in [0.1, 0.15) is 169 Å². The number of rotatable bonds is 29. The third-order valence-electron chi connectivity index (χ3n) is 21.3. The summed E-state index contributed by atoms with van der Waals surface area (Å²) >= 11 is 0. The number of fused-ring (bicyclic) bond motifs is 3. The first-order valence-electron chi connectivity index (χ1n) is 44.2. The molecule has 3 heterocycles. The van der Waals surface area contributed by atoms with Crippen molar-refractivity contribution in [1.82, 2.24) is 0 Å². The van der Waals surface area contributed by atoms with Gasteiger partial charge in [-0.1, -0.05) is 0 Å². The van der Waals surface area contributed by atoms with Crippen LogP contribution in [0, 0.1) is 47.5 Å². The molecule has 140 heavy (non-hydrogen) atoms. The number of phenolic OH excluding ortho intramolecular Hbond substituents is 5. The van der Waals surface area contributed by atoms with Crippen LogP contribution in [-0.4, -0.2) is 187 Å². The molecular formula is C102H129N7O31. The Balaban J connectivity index is 0.000000420. The number of nitrogens with zero attached hydrogens (tertiary/aromatic N) is 4. The molecule has 5 amide bonds. The van der Waals surface area contributed by atoms with Gasteiger partial charge in [0.1, 0.15) is 68.7 Å². The maximum atomic E-state index is 12.4. The molecule has 10 rings (SSSR count). The normalized spacial score (nSPS) is 10.4. The first-order chi connectivity index (χ1) is 65.9. The molecule has 1 unspecified atom stereocenters. The summed E-state index contributed by atoms with van der Waals surface area (Å²) in [5.41, 5.74) is 14.1. The van der Waals surface area contributed by atoms with Crippen molar-refractivity contribution in [3.8, 4) is 46.0 Å². The number of phenols is 5. The van der Waals surface area contributed by atoms with Crippen LogP contribution in [0.15, 0.2) is 131 Å². The summed E-state index contributed by atoms with van der Waals surface area (Å²) in [6, 6.07) is 28.4. The average Bonchev–Trinajstić information content (AvgIpc) is 0.760. The van der Waals surface area contributed by atoms with Crippen LogP contribution in [-0.2, 0) is 95.7 Å². The van der Waals surface area contributed by atoms with Crippen LogP contribution in [0.4, 0.5) is 39.8 Å². The molecule has 38 heteroatoms. The van der Waals surface area contributed by atoms with E-state index < -0.39 is 46.5 Å². The lowest BCUT2D eigenvalue weighted by atomic mass is 9.99. The fraction of sp³-hybridized carbons (Fsp3) is 0.382. The fourth-order valence-electron chi connectivity index (χ4n) is 13.1. The van der Waals surface area contributed by atoms with E-state index in [2.05, 4.69) is 10.6 Å². The number of nitrogens with two attached hydrogens (primary N) is 1. The van der Waals surface area contributed by atoms with Crippen molar-refractivity contribution < 1.29 is 134 Å². The zero-order chi connectivity index (χ0) is 106. The first-order valence-corrected chi connectivity index (χ1v) is 44.2. The van der Waals surface area contributed by atoms with Gasteiger partial charge in [-0.25, -0.2) is 14.4 Å². The van der Waals surface area contributed by atoms with Crippen molar-refractivity contribution in [2.24, 2.45) is 5.92 Å². The number of nitrogens with one attached hydrogen (secondary N) is 2. The minimum absolute atomic E-state index is 0.00374. The van der Waals surface area contributed by atoms with Crippen molar-refractivity contribution in [1.29, 1.82) is 0 Å². The van der Waals surface area contributed by atoms with E-state index >= 15 is 0 Å². The molecule has 0 saturated heterocycles. The highest BCUT2D eigenvalue weighted by molar-refractivity contribution is 6.06. The van der Waals surface area contributed by atoms with Gasteiger partial charge in [0.2, 0.25) is 29.5 Å². The molecule has 0 aliphatic rings. The van der Waals surface area contributed by atoms with Crippen LogP contribution in [0.5, 0.6) is 46.0 Å². The van der Waals surface area contributed by atoms with E-state index in [-0.39, 0.29) is 169 Å². The number of esters is 5. The minimum Gasteiger partial charge on any atom is -0.508 e. The smallest absolute Gasteiger partial charge is 0.339 e. The summed E-state index contributed by atoms with van der Waals surface area (Å²) in [4.78, 5) is 178. The number of methoxy groups -OCH3 is 3. The molecule has 0 aliphatic heterocycles. The molecule has 10 aromatic rings. The monoisotopic (exact) mass is 1950 g/mol. The molecule has 1 atom stereocenters. The van der Waals surface area contributed by atoms with Gasteiger partial charge < -0.3 is 113 Å². The number of nitrogen functional groups attached to an aromatic ring is 1. The Morgan fingerprint density at radius 1 is 0.421 bits per heavy atom. The predicted octanol–water partition coefficient (Wildman–Crippen LogP) is 14.4.